The molecule has 1 amide bonds. The summed E-state index contributed by atoms with van der Waals surface area (Å²) in [6.45, 7) is 1.85. The Balaban J connectivity index is 1.39. The second kappa shape index (κ2) is 7.70. The number of aromatic nitrogens is 2. The zero-order chi connectivity index (χ0) is 23.3. The van der Waals surface area contributed by atoms with Gasteiger partial charge in [0, 0.05) is 22.9 Å². The lowest BCUT2D eigenvalue weighted by molar-refractivity contribution is 0.102. The van der Waals surface area contributed by atoms with Crippen LogP contribution in [0.15, 0.2) is 60.7 Å². The topological polar surface area (TPSA) is 95.2 Å². The van der Waals surface area contributed by atoms with Crippen molar-refractivity contribution in [1.29, 1.82) is 0 Å². The van der Waals surface area contributed by atoms with Crippen LogP contribution < -0.4 is 9.62 Å². The number of sulfonamides is 1. The lowest BCUT2D eigenvalue weighted by atomic mass is 10.1. The van der Waals surface area contributed by atoms with Crippen molar-refractivity contribution in [2.24, 2.45) is 0 Å². The molecule has 4 aromatic rings. The van der Waals surface area contributed by atoms with Crippen molar-refractivity contribution in [3.63, 3.8) is 0 Å². The number of amides is 1. The van der Waals surface area contributed by atoms with Gasteiger partial charge in [-0.25, -0.2) is 17.8 Å². The Labute approximate surface area is 190 Å². The van der Waals surface area contributed by atoms with Crippen LogP contribution in [0.25, 0.3) is 22.4 Å². The molecule has 0 spiro atoms. The SMILES string of the molecule is CC1Cc2cc(C(=O)Nc3ccc4nc(-c5cccc(F)c5)[nH]c4c3)ccc2N1S(C)(=O)=O. The number of carbonyl (C=O) groups excluding carboxylic acids is 1. The highest BCUT2D eigenvalue weighted by Gasteiger charge is 2.32. The van der Waals surface area contributed by atoms with E-state index in [0.29, 0.717) is 45.8 Å². The third kappa shape index (κ3) is 3.95. The van der Waals surface area contributed by atoms with Crippen molar-refractivity contribution in [2.45, 2.75) is 19.4 Å². The zero-order valence-electron chi connectivity index (χ0n) is 18.0. The maximum Gasteiger partial charge on any atom is 0.255 e. The Morgan fingerprint density at radius 3 is 2.73 bits per heavy atom. The number of halogens is 1. The molecule has 1 aromatic heterocycles. The van der Waals surface area contributed by atoms with Crippen molar-refractivity contribution in [1.82, 2.24) is 9.97 Å². The third-order valence-corrected chi connectivity index (χ3v) is 6.96. The van der Waals surface area contributed by atoms with Crippen LogP contribution >= 0.6 is 0 Å². The van der Waals surface area contributed by atoms with Crippen LogP contribution in [0.3, 0.4) is 0 Å². The summed E-state index contributed by atoms with van der Waals surface area (Å²) in [6.07, 6.45) is 1.73. The fraction of sp³-hybridized carbons (Fsp3) is 0.167. The molecule has 0 saturated carbocycles. The molecule has 9 heteroatoms. The molecule has 2 N–H and O–H groups in total. The van der Waals surface area contributed by atoms with Gasteiger partial charge in [0.25, 0.3) is 5.91 Å². The van der Waals surface area contributed by atoms with Crippen LogP contribution in [-0.4, -0.2) is 36.6 Å². The Morgan fingerprint density at radius 2 is 1.97 bits per heavy atom. The number of H-pyrrole nitrogens is 1. The molecule has 168 valence electrons. The highest BCUT2D eigenvalue weighted by Crippen LogP contribution is 2.35. The molecule has 2 heterocycles. The number of rotatable bonds is 4. The first kappa shape index (κ1) is 21.1. The number of hydrogen-bond donors (Lipinski definition) is 2. The van der Waals surface area contributed by atoms with E-state index in [2.05, 4.69) is 15.3 Å². The molecule has 7 nitrogen and oxygen atoms in total. The molecule has 0 saturated heterocycles. The largest absolute Gasteiger partial charge is 0.338 e. The highest BCUT2D eigenvalue weighted by atomic mass is 32.2. The lowest BCUT2D eigenvalue weighted by Gasteiger charge is -2.21. The minimum atomic E-state index is -3.39. The number of aromatic amines is 1. The Kier molecular flexibility index (Phi) is 4.93. The predicted molar refractivity (Wildman–Crippen MR) is 126 cm³/mol. The van der Waals surface area contributed by atoms with Gasteiger partial charge in [-0.3, -0.25) is 9.10 Å². The molecule has 1 aliphatic rings. The van der Waals surface area contributed by atoms with Gasteiger partial charge in [0.05, 0.1) is 23.0 Å². The summed E-state index contributed by atoms with van der Waals surface area (Å²) in [6, 6.07) is 16.3. The van der Waals surface area contributed by atoms with E-state index in [-0.39, 0.29) is 17.8 Å². The van der Waals surface area contributed by atoms with Crippen molar-refractivity contribution < 1.29 is 17.6 Å². The Bertz CT molecular complexity index is 1510. The quantitative estimate of drug-likeness (QED) is 0.470. The van der Waals surface area contributed by atoms with Gasteiger partial charge in [0.1, 0.15) is 11.6 Å². The van der Waals surface area contributed by atoms with Crippen LogP contribution in [0.5, 0.6) is 0 Å². The molecule has 5 rings (SSSR count). The number of benzene rings is 3. The van der Waals surface area contributed by atoms with E-state index in [4.69, 9.17) is 0 Å². The average molecular weight is 465 g/mol. The van der Waals surface area contributed by atoms with Crippen molar-refractivity contribution >= 4 is 38.3 Å². The van der Waals surface area contributed by atoms with E-state index in [9.17, 15) is 17.6 Å². The fourth-order valence-electron chi connectivity index (χ4n) is 4.31. The summed E-state index contributed by atoms with van der Waals surface area (Å²) in [5.74, 6) is -0.104. The number of nitrogens with zero attached hydrogens (tertiary/aromatic N) is 2. The molecule has 0 bridgehead atoms. The molecule has 1 atom stereocenters. The van der Waals surface area contributed by atoms with Gasteiger partial charge in [-0.15, -0.1) is 0 Å². The molecule has 1 aliphatic heterocycles. The number of fused-ring (bicyclic) bond motifs is 2. The summed E-state index contributed by atoms with van der Waals surface area (Å²) in [7, 11) is -3.39. The Morgan fingerprint density at radius 1 is 1.15 bits per heavy atom. The maximum atomic E-state index is 13.5. The molecular formula is C24H21FN4O3S. The normalized spacial score (nSPS) is 15.6. The number of nitrogens with one attached hydrogen (secondary N) is 2. The van der Waals surface area contributed by atoms with Gasteiger partial charge in [-0.2, -0.15) is 0 Å². The van der Waals surface area contributed by atoms with E-state index in [1.165, 1.54) is 22.7 Å². The van der Waals surface area contributed by atoms with Gasteiger partial charge in [-0.05, 0) is 67.4 Å². The van der Waals surface area contributed by atoms with Crippen molar-refractivity contribution in [3.8, 4) is 11.4 Å². The number of carbonyl (C=O) groups is 1. The molecule has 33 heavy (non-hydrogen) atoms. The second-order valence-electron chi connectivity index (χ2n) is 8.24. The molecular weight excluding hydrogens is 443 g/mol. The van der Waals surface area contributed by atoms with Crippen LogP contribution in [0.4, 0.5) is 15.8 Å². The standard InChI is InChI=1S/C24H21FN4O3S/c1-14-10-17-11-16(6-9-22(17)29(14)33(2,31)32)24(30)26-19-7-8-20-21(13-19)28-23(27-20)15-4-3-5-18(25)12-15/h3-9,11-14H,10H2,1-2H3,(H,26,30)(H,27,28). The average Bonchev–Trinajstić information content (AvgIpc) is 3.32. The van der Waals surface area contributed by atoms with Crippen LogP contribution in [0.2, 0.25) is 0 Å². The van der Waals surface area contributed by atoms with Gasteiger partial charge < -0.3 is 10.3 Å². The van der Waals surface area contributed by atoms with Gasteiger partial charge in [0.2, 0.25) is 10.0 Å². The summed E-state index contributed by atoms with van der Waals surface area (Å²) in [5, 5.41) is 2.87. The molecule has 0 fully saturated rings. The first-order chi connectivity index (χ1) is 15.7. The van der Waals surface area contributed by atoms with E-state index < -0.39 is 10.0 Å². The van der Waals surface area contributed by atoms with Gasteiger partial charge in [-0.1, -0.05) is 12.1 Å². The van der Waals surface area contributed by atoms with E-state index in [0.717, 1.165) is 5.56 Å². The predicted octanol–water partition coefficient (Wildman–Crippen LogP) is 4.33. The van der Waals surface area contributed by atoms with E-state index in [1.807, 2.05) is 6.92 Å². The van der Waals surface area contributed by atoms with Crippen LogP contribution in [-0.2, 0) is 16.4 Å². The number of anilines is 2. The second-order valence-corrected chi connectivity index (χ2v) is 10.1. The zero-order valence-corrected chi connectivity index (χ0v) is 18.8. The first-order valence-corrected chi connectivity index (χ1v) is 12.2. The van der Waals surface area contributed by atoms with Crippen LogP contribution in [0, 0.1) is 5.82 Å². The van der Waals surface area contributed by atoms with Crippen molar-refractivity contribution in [3.05, 3.63) is 77.6 Å². The summed E-state index contributed by atoms with van der Waals surface area (Å²) in [5.41, 5.74) is 4.50. The van der Waals surface area contributed by atoms with Gasteiger partial charge >= 0.3 is 0 Å². The first-order valence-electron chi connectivity index (χ1n) is 10.4. The van der Waals surface area contributed by atoms with Gasteiger partial charge in [0.15, 0.2) is 0 Å². The van der Waals surface area contributed by atoms with Crippen LogP contribution in [0.1, 0.15) is 22.8 Å². The highest BCUT2D eigenvalue weighted by molar-refractivity contribution is 7.92. The molecule has 1 unspecified atom stereocenters. The Hall–Kier alpha value is -3.72. The third-order valence-electron chi connectivity index (χ3n) is 5.69. The monoisotopic (exact) mass is 464 g/mol. The molecule has 0 aliphatic carbocycles. The smallest absolute Gasteiger partial charge is 0.255 e. The fourth-order valence-corrected chi connectivity index (χ4v) is 5.58. The number of imidazole rings is 1. The van der Waals surface area contributed by atoms with Crippen molar-refractivity contribution in [2.75, 3.05) is 15.9 Å². The van der Waals surface area contributed by atoms with E-state index >= 15 is 0 Å². The lowest BCUT2D eigenvalue weighted by Crippen LogP contribution is -2.34. The summed E-state index contributed by atoms with van der Waals surface area (Å²) in [4.78, 5) is 20.5. The minimum Gasteiger partial charge on any atom is -0.338 e. The minimum absolute atomic E-state index is 0.191. The number of hydrogen-bond acceptors (Lipinski definition) is 4. The maximum absolute atomic E-state index is 13.5. The van der Waals surface area contributed by atoms with E-state index in [1.54, 1.807) is 48.5 Å². The summed E-state index contributed by atoms with van der Waals surface area (Å²) < 4.78 is 39.1. The summed E-state index contributed by atoms with van der Waals surface area (Å²) >= 11 is 0. The molecule has 0 radical (unpaired) electrons. The molecule has 3 aromatic carbocycles.